The highest BCUT2D eigenvalue weighted by atomic mass is 79.9. The molecule has 0 bridgehead atoms. The molecule has 0 atom stereocenters. The highest BCUT2D eigenvalue weighted by Crippen LogP contribution is 2.37. The highest BCUT2D eigenvalue weighted by Gasteiger charge is 2.38. The minimum Gasteiger partial charge on any atom is -0.497 e. The predicted molar refractivity (Wildman–Crippen MR) is 60.6 cm³/mol. The molecule has 1 aromatic carbocycles. The third kappa shape index (κ3) is 2.10. The lowest BCUT2D eigenvalue weighted by atomic mass is 10.1. The minimum atomic E-state index is 0.0666. The Kier molecular flexibility index (Phi) is 2.54. The predicted octanol–water partition coefficient (Wildman–Crippen LogP) is 2.49. The molecule has 2 rings (SSSR count). The van der Waals surface area contributed by atoms with Crippen LogP contribution in [0.4, 0.5) is 0 Å². The van der Waals surface area contributed by atoms with Gasteiger partial charge in [-0.05, 0) is 37.0 Å². The molecule has 76 valence electrons. The first-order valence-electron chi connectivity index (χ1n) is 4.74. The zero-order valence-electron chi connectivity index (χ0n) is 8.22. The van der Waals surface area contributed by atoms with E-state index in [9.17, 15) is 0 Å². The first-order chi connectivity index (χ1) is 6.63. The van der Waals surface area contributed by atoms with Crippen LogP contribution in [-0.4, -0.2) is 12.6 Å². The van der Waals surface area contributed by atoms with Crippen molar-refractivity contribution in [2.75, 3.05) is 7.11 Å². The molecule has 1 aromatic rings. The number of halogens is 1. The Balaban J connectivity index is 2.17. The molecule has 0 heterocycles. The van der Waals surface area contributed by atoms with E-state index >= 15 is 0 Å². The Hall–Kier alpha value is -0.540. The summed E-state index contributed by atoms with van der Waals surface area (Å²) in [5.74, 6) is 0.877. The first kappa shape index (κ1) is 9.99. The summed E-state index contributed by atoms with van der Waals surface area (Å²) in [6, 6.07) is 6.04. The largest absolute Gasteiger partial charge is 0.497 e. The van der Waals surface area contributed by atoms with Crippen LogP contribution in [0.15, 0.2) is 22.7 Å². The number of nitrogens with two attached hydrogens (primary N) is 1. The van der Waals surface area contributed by atoms with Gasteiger partial charge in [0.25, 0.3) is 0 Å². The van der Waals surface area contributed by atoms with Crippen molar-refractivity contribution in [2.45, 2.75) is 24.8 Å². The van der Waals surface area contributed by atoms with Crippen LogP contribution in [0.2, 0.25) is 0 Å². The summed E-state index contributed by atoms with van der Waals surface area (Å²) in [6.45, 7) is 0. The lowest BCUT2D eigenvalue weighted by Gasteiger charge is -2.11. The van der Waals surface area contributed by atoms with Gasteiger partial charge in [-0.1, -0.05) is 22.0 Å². The maximum absolute atomic E-state index is 6.07. The Morgan fingerprint density at radius 3 is 2.71 bits per heavy atom. The quantitative estimate of drug-likeness (QED) is 0.901. The molecule has 0 saturated heterocycles. The second-order valence-electron chi connectivity index (χ2n) is 4.00. The zero-order chi connectivity index (χ0) is 10.2. The van der Waals surface area contributed by atoms with Gasteiger partial charge in [0, 0.05) is 10.0 Å². The standard InChI is InChI=1S/C11H14BrNO/c1-14-9-3-2-8(10(12)6-9)7-11(13)4-5-11/h2-3,6H,4-5,7,13H2,1H3. The summed E-state index contributed by atoms with van der Waals surface area (Å²) in [4.78, 5) is 0. The second kappa shape index (κ2) is 3.55. The SMILES string of the molecule is COc1ccc(CC2(N)CC2)c(Br)c1. The highest BCUT2D eigenvalue weighted by molar-refractivity contribution is 9.10. The molecule has 1 aliphatic carbocycles. The number of ether oxygens (including phenoxy) is 1. The van der Waals surface area contributed by atoms with Crippen molar-refractivity contribution in [1.82, 2.24) is 0 Å². The van der Waals surface area contributed by atoms with Crippen LogP contribution in [0.25, 0.3) is 0 Å². The number of methoxy groups -OCH3 is 1. The van der Waals surface area contributed by atoms with E-state index in [1.165, 1.54) is 5.56 Å². The van der Waals surface area contributed by atoms with E-state index in [1.807, 2.05) is 12.1 Å². The summed E-state index contributed by atoms with van der Waals surface area (Å²) in [5.41, 5.74) is 7.40. The molecule has 0 spiro atoms. The van der Waals surface area contributed by atoms with Crippen molar-refractivity contribution in [2.24, 2.45) is 5.73 Å². The molecule has 14 heavy (non-hydrogen) atoms. The van der Waals surface area contributed by atoms with Gasteiger partial charge in [-0.15, -0.1) is 0 Å². The molecule has 0 radical (unpaired) electrons. The van der Waals surface area contributed by atoms with Crippen LogP contribution in [0.5, 0.6) is 5.75 Å². The van der Waals surface area contributed by atoms with Gasteiger partial charge < -0.3 is 10.5 Å². The van der Waals surface area contributed by atoms with Crippen molar-refractivity contribution in [3.63, 3.8) is 0 Å². The smallest absolute Gasteiger partial charge is 0.120 e. The number of hydrogen-bond acceptors (Lipinski definition) is 2. The molecule has 1 aliphatic rings. The van der Waals surface area contributed by atoms with Crippen molar-refractivity contribution >= 4 is 15.9 Å². The summed E-state index contributed by atoms with van der Waals surface area (Å²) in [5, 5.41) is 0. The fourth-order valence-corrected chi connectivity index (χ4v) is 2.01. The molecular formula is C11H14BrNO. The van der Waals surface area contributed by atoms with Gasteiger partial charge in [0.15, 0.2) is 0 Å². The van der Waals surface area contributed by atoms with Gasteiger partial charge in [0.2, 0.25) is 0 Å². The van der Waals surface area contributed by atoms with Crippen LogP contribution in [0.1, 0.15) is 18.4 Å². The van der Waals surface area contributed by atoms with Crippen molar-refractivity contribution in [1.29, 1.82) is 0 Å². The minimum absolute atomic E-state index is 0.0666. The summed E-state index contributed by atoms with van der Waals surface area (Å²) < 4.78 is 6.23. The molecule has 0 amide bonds. The summed E-state index contributed by atoms with van der Waals surface area (Å²) in [6.07, 6.45) is 3.24. The third-order valence-electron chi connectivity index (χ3n) is 2.69. The maximum atomic E-state index is 6.07. The van der Waals surface area contributed by atoms with Crippen molar-refractivity contribution in [3.8, 4) is 5.75 Å². The molecule has 2 nitrogen and oxygen atoms in total. The van der Waals surface area contributed by atoms with E-state index in [2.05, 4.69) is 22.0 Å². The van der Waals surface area contributed by atoms with Crippen LogP contribution in [-0.2, 0) is 6.42 Å². The Morgan fingerprint density at radius 2 is 2.21 bits per heavy atom. The zero-order valence-corrected chi connectivity index (χ0v) is 9.80. The Labute approximate surface area is 92.6 Å². The van der Waals surface area contributed by atoms with Gasteiger partial charge in [-0.2, -0.15) is 0 Å². The van der Waals surface area contributed by atoms with Gasteiger partial charge >= 0.3 is 0 Å². The van der Waals surface area contributed by atoms with E-state index < -0.39 is 0 Å². The van der Waals surface area contributed by atoms with E-state index in [4.69, 9.17) is 10.5 Å². The second-order valence-corrected chi connectivity index (χ2v) is 4.85. The van der Waals surface area contributed by atoms with Gasteiger partial charge in [0.1, 0.15) is 5.75 Å². The molecular weight excluding hydrogens is 242 g/mol. The molecule has 1 fully saturated rings. The van der Waals surface area contributed by atoms with Crippen LogP contribution >= 0.6 is 15.9 Å². The summed E-state index contributed by atoms with van der Waals surface area (Å²) >= 11 is 3.53. The normalized spacial score (nSPS) is 17.9. The third-order valence-corrected chi connectivity index (χ3v) is 3.43. The molecule has 0 unspecified atom stereocenters. The number of hydrogen-bond donors (Lipinski definition) is 1. The molecule has 2 N–H and O–H groups in total. The van der Waals surface area contributed by atoms with Gasteiger partial charge in [-0.3, -0.25) is 0 Å². The maximum Gasteiger partial charge on any atom is 0.120 e. The molecule has 3 heteroatoms. The fraction of sp³-hybridized carbons (Fsp3) is 0.455. The van der Waals surface area contributed by atoms with Crippen LogP contribution < -0.4 is 10.5 Å². The first-order valence-corrected chi connectivity index (χ1v) is 5.54. The molecule has 1 saturated carbocycles. The fourth-order valence-electron chi connectivity index (χ4n) is 1.52. The van der Waals surface area contributed by atoms with E-state index in [-0.39, 0.29) is 5.54 Å². The van der Waals surface area contributed by atoms with Gasteiger partial charge in [0.05, 0.1) is 7.11 Å². The van der Waals surface area contributed by atoms with E-state index in [0.717, 1.165) is 29.5 Å². The molecule has 0 aromatic heterocycles. The van der Waals surface area contributed by atoms with Crippen LogP contribution in [0, 0.1) is 0 Å². The Morgan fingerprint density at radius 1 is 1.50 bits per heavy atom. The lowest BCUT2D eigenvalue weighted by molar-refractivity contribution is 0.414. The topological polar surface area (TPSA) is 35.2 Å². The molecule has 0 aliphatic heterocycles. The van der Waals surface area contributed by atoms with Crippen molar-refractivity contribution in [3.05, 3.63) is 28.2 Å². The average Bonchev–Trinajstić information content (AvgIpc) is 2.88. The van der Waals surface area contributed by atoms with E-state index in [1.54, 1.807) is 7.11 Å². The monoisotopic (exact) mass is 255 g/mol. The lowest BCUT2D eigenvalue weighted by Crippen LogP contribution is -2.24. The van der Waals surface area contributed by atoms with Crippen LogP contribution in [0.3, 0.4) is 0 Å². The van der Waals surface area contributed by atoms with E-state index in [0.29, 0.717) is 0 Å². The van der Waals surface area contributed by atoms with Gasteiger partial charge in [-0.25, -0.2) is 0 Å². The number of rotatable bonds is 3. The Bertz CT molecular complexity index is 347. The number of benzene rings is 1. The average molecular weight is 256 g/mol. The summed E-state index contributed by atoms with van der Waals surface area (Å²) in [7, 11) is 1.67. The van der Waals surface area contributed by atoms with Crippen molar-refractivity contribution < 1.29 is 4.74 Å².